The second-order valence-corrected chi connectivity index (χ2v) is 5.18. The standard InChI is InChI=1S/C15H23N3O2/c1-12(2)18(4)15(20)11-17(3)10-14(19)16-13-8-6-5-7-9-13/h5-9,12H,10-11H2,1-4H3,(H,16,19). The predicted octanol–water partition coefficient (Wildman–Crippen LogP) is 1.42. The fourth-order valence-corrected chi connectivity index (χ4v) is 1.65. The number of para-hydroxylation sites is 1. The average Bonchev–Trinajstić information content (AvgIpc) is 2.38. The Balaban J connectivity index is 2.40. The molecule has 1 N–H and O–H groups in total. The minimum Gasteiger partial charge on any atom is -0.342 e. The van der Waals surface area contributed by atoms with Gasteiger partial charge in [0.2, 0.25) is 11.8 Å². The third kappa shape index (κ3) is 5.40. The Hall–Kier alpha value is -1.88. The van der Waals surface area contributed by atoms with E-state index in [1.807, 2.05) is 44.2 Å². The first-order chi connectivity index (χ1) is 9.40. The molecule has 0 atom stereocenters. The number of amides is 2. The summed E-state index contributed by atoms with van der Waals surface area (Å²) in [4.78, 5) is 27.1. The van der Waals surface area contributed by atoms with Crippen LogP contribution in [-0.4, -0.2) is 54.8 Å². The Bertz CT molecular complexity index is 446. The maximum atomic E-state index is 11.9. The molecule has 1 aromatic carbocycles. The first-order valence-corrected chi connectivity index (χ1v) is 6.69. The molecule has 0 heterocycles. The zero-order chi connectivity index (χ0) is 15.1. The fourth-order valence-electron chi connectivity index (χ4n) is 1.65. The zero-order valence-corrected chi connectivity index (χ0v) is 12.6. The third-order valence-corrected chi connectivity index (χ3v) is 3.04. The van der Waals surface area contributed by atoms with Crippen molar-refractivity contribution in [3.8, 4) is 0 Å². The molecule has 5 nitrogen and oxygen atoms in total. The number of likely N-dealkylation sites (N-methyl/N-ethyl adjacent to an activating group) is 2. The summed E-state index contributed by atoms with van der Waals surface area (Å²) in [6, 6.07) is 9.43. The van der Waals surface area contributed by atoms with Gasteiger partial charge in [-0.25, -0.2) is 0 Å². The third-order valence-electron chi connectivity index (χ3n) is 3.04. The van der Waals surface area contributed by atoms with Crippen LogP contribution in [0.5, 0.6) is 0 Å². The number of nitrogens with one attached hydrogen (secondary N) is 1. The summed E-state index contributed by atoms with van der Waals surface area (Å²) in [7, 11) is 3.53. The molecule has 0 spiro atoms. The summed E-state index contributed by atoms with van der Waals surface area (Å²) >= 11 is 0. The van der Waals surface area contributed by atoms with E-state index < -0.39 is 0 Å². The van der Waals surface area contributed by atoms with Crippen LogP contribution in [0.1, 0.15) is 13.8 Å². The van der Waals surface area contributed by atoms with Crippen LogP contribution in [0.4, 0.5) is 5.69 Å². The lowest BCUT2D eigenvalue weighted by molar-refractivity contribution is -0.132. The SMILES string of the molecule is CC(C)N(C)C(=O)CN(C)CC(=O)Nc1ccccc1. The Morgan fingerprint density at radius 1 is 1.10 bits per heavy atom. The first-order valence-electron chi connectivity index (χ1n) is 6.69. The molecule has 0 radical (unpaired) electrons. The number of carbonyl (C=O) groups is 2. The molecule has 0 bridgehead atoms. The number of benzene rings is 1. The van der Waals surface area contributed by atoms with Gasteiger partial charge in [-0.15, -0.1) is 0 Å². The first kappa shape index (κ1) is 16.2. The van der Waals surface area contributed by atoms with Crippen LogP contribution in [0.2, 0.25) is 0 Å². The van der Waals surface area contributed by atoms with Crippen LogP contribution in [-0.2, 0) is 9.59 Å². The van der Waals surface area contributed by atoms with E-state index in [2.05, 4.69) is 5.32 Å². The molecule has 110 valence electrons. The molecule has 1 rings (SSSR count). The van der Waals surface area contributed by atoms with Gasteiger partial charge in [0.25, 0.3) is 0 Å². The van der Waals surface area contributed by atoms with E-state index in [1.54, 1.807) is 23.9 Å². The van der Waals surface area contributed by atoms with Gasteiger partial charge in [0, 0.05) is 18.8 Å². The number of anilines is 1. The highest BCUT2D eigenvalue weighted by molar-refractivity contribution is 5.92. The van der Waals surface area contributed by atoms with Crippen LogP contribution in [0.25, 0.3) is 0 Å². The number of hydrogen-bond acceptors (Lipinski definition) is 3. The molecule has 0 aliphatic rings. The van der Waals surface area contributed by atoms with Crippen molar-refractivity contribution in [2.75, 3.05) is 32.5 Å². The van der Waals surface area contributed by atoms with Crippen molar-refractivity contribution in [2.24, 2.45) is 0 Å². The number of hydrogen-bond donors (Lipinski definition) is 1. The van der Waals surface area contributed by atoms with E-state index in [0.29, 0.717) is 0 Å². The quantitative estimate of drug-likeness (QED) is 0.855. The molecule has 20 heavy (non-hydrogen) atoms. The lowest BCUT2D eigenvalue weighted by atomic mass is 10.3. The Morgan fingerprint density at radius 3 is 2.25 bits per heavy atom. The van der Waals surface area contributed by atoms with Crippen molar-refractivity contribution in [1.82, 2.24) is 9.80 Å². The fraction of sp³-hybridized carbons (Fsp3) is 0.467. The lowest BCUT2D eigenvalue weighted by Crippen LogP contribution is -2.42. The molecule has 1 aromatic rings. The Morgan fingerprint density at radius 2 is 1.70 bits per heavy atom. The smallest absolute Gasteiger partial charge is 0.238 e. The molecule has 5 heteroatoms. The van der Waals surface area contributed by atoms with Crippen LogP contribution >= 0.6 is 0 Å². The van der Waals surface area contributed by atoms with Crippen LogP contribution in [0.15, 0.2) is 30.3 Å². The molecule has 0 saturated heterocycles. The molecular weight excluding hydrogens is 254 g/mol. The van der Waals surface area contributed by atoms with E-state index in [0.717, 1.165) is 5.69 Å². The Kier molecular flexibility index (Phi) is 6.18. The molecule has 0 aromatic heterocycles. The topological polar surface area (TPSA) is 52.7 Å². The monoisotopic (exact) mass is 277 g/mol. The summed E-state index contributed by atoms with van der Waals surface area (Å²) in [6.07, 6.45) is 0. The molecule has 0 aliphatic carbocycles. The number of carbonyl (C=O) groups excluding carboxylic acids is 2. The maximum Gasteiger partial charge on any atom is 0.238 e. The molecule has 2 amide bonds. The number of rotatable bonds is 6. The molecular formula is C15H23N3O2. The summed E-state index contributed by atoms with van der Waals surface area (Å²) in [5, 5.41) is 2.79. The van der Waals surface area contributed by atoms with E-state index in [4.69, 9.17) is 0 Å². The van der Waals surface area contributed by atoms with Gasteiger partial charge in [0.1, 0.15) is 0 Å². The van der Waals surface area contributed by atoms with E-state index >= 15 is 0 Å². The molecule has 0 saturated carbocycles. The maximum absolute atomic E-state index is 11.9. The van der Waals surface area contributed by atoms with Crippen molar-refractivity contribution in [2.45, 2.75) is 19.9 Å². The van der Waals surface area contributed by atoms with Crippen molar-refractivity contribution in [3.63, 3.8) is 0 Å². The highest BCUT2D eigenvalue weighted by atomic mass is 16.2. The normalized spacial score (nSPS) is 10.7. The van der Waals surface area contributed by atoms with Gasteiger partial charge in [0.15, 0.2) is 0 Å². The summed E-state index contributed by atoms with van der Waals surface area (Å²) in [5.41, 5.74) is 0.761. The van der Waals surface area contributed by atoms with E-state index in [-0.39, 0.29) is 30.9 Å². The minimum absolute atomic E-state index is 0.00927. The van der Waals surface area contributed by atoms with E-state index in [1.165, 1.54) is 0 Å². The zero-order valence-electron chi connectivity index (χ0n) is 12.6. The van der Waals surface area contributed by atoms with Crippen LogP contribution in [0, 0.1) is 0 Å². The second-order valence-electron chi connectivity index (χ2n) is 5.18. The largest absolute Gasteiger partial charge is 0.342 e. The molecule has 0 aliphatic heterocycles. The van der Waals surface area contributed by atoms with Gasteiger partial charge in [-0.3, -0.25) is 14.5 Å². The van der Waals surface area contributed by atoms with Gasteiger partial charge in [-0.1, -0.05) is 18.2 Å². The highest BCUT2D eigenvalue weighted by Gasteiger charge is 2.15. The molecule has 0 fully saturated rings. The van der Waals surface area contributed by atoms with Gasteiger partial charge in [-0.05, 0) is 33.0 Å². The minimum atomic E-state index is -0.126. The summed E-state index contributed by atoms with van der Waals surface area (Å²) < 4.78 is 0. The van der Waals surface area contributed by atoms with Crippen LogP contribution in [0.3, 0.4) is 0 Å². The summed E-state index contributed by atoms with van der Waals surface area (Å²) in [5.74, 6) is -0.117. The number of nitrogens with zero attached hydrogens (tertiary/aromatic N) is 2. The highest BCUT2D eigenvalue weighted by Crippen LogP contribution is 2.04. The van der Waals surface area contributed by atoms with Gasteiger partial charge < -0.3 is 10.2 Å². The lowest BCUT2D eigenvalue weighted by Gasteiger charge is -2.24. The van der Waals surface area contributed by atoms with Crippen molar-refractivity contribution < 1.29 is 9.59 Å². The van der Waals surface area contributed by atoms with Crippen LogP contribution < -0.4 is 5.32 Å². The van der Waals surface area contributed by atoms with E-state index in [9.17, 15) is 9.59 Å². The molecule has 0 unspecified atom stereocenters. The predicted molar refractivity (Wildman–Crippen MR) is 80.5 cm³/mol. The van der Waals surface area contributed by atoms with Crippen molar-refractivity contribution >= 4 is 17.5 Å². The van der Waals surface area contributed by atoms with Gasteiger partial charge >= 0.3 is 0 Å². The second kappa shape index (κ2) is 7.65. The summed E-state index contributed by atoms with van der Waals surface area (Å²) in [6.45, 7) is 4.34. The van der Waals surface area contributed by atoms with Crippen molar-refractivity contribution in [3.05, 3.63) is 30.3 Å². The average molecular weight is 277 g/mol. The van der Waals surface area contributed by atoms with Crippen molar-refractivity contribution in [1.29, 1.82) is 0 Å². The van der Waals surface area contributed by atoms with Gasteiger partial charge in [0.05, 0.1) is 13.1 Å². The Labute approximate surface area is 120 Å². The van der Waals surface area contributed by atoms with Gasteiger partial charge in [-0.2, -0.15) is 0 Å².